The highest BCUT2D eigenvalue weighted by molar-refractivity contribution is 5.79. The highest BCUT2D eigenvalue weighted by Gasteiger charge is 2.02. The molecule has 0 amide bonds. The van der Waals surface area contributed by atoms with Crippen LogP contribution in [0.5, 0.6) is 5.75 Å². The highest BCUT2D eigenvalue weighted by atomic mass is 16.5. The maximum Gasteiger partial charge on any atom is 0.191 e. The number of hydrogen-bond donors (Lipinski definition) is 2. The van der Waals surface area contributed by atoms with Gasteiger partial charge in [0, 0.05) is 20.2 Å². The highest BCUT2D eigenvalue weighted by Crippen LogP contribution is 2.19. The number of nitrogens with one attached hydrogen (secondary N) is 2. The standard InChI is InChI=1S/C22H31N3O2/c1-5-23-22(25-15-19-7-6-8-20(13-19)16-26-3)24-12-11-18-10-9-17(2)21(14-18)27-4/h6-10,13-14H,5,11-12,15-16H2,1-4H3,(H2,23,24,25). The molecule has 0 heterocycles. The summed E-state index contributed by atoms with van der Waals surface area (Å²) in [7, 11) is 3.42. The first-order valence-electron chi connectivity index (χ1n) is 9.38. The maximum absolute atomic E-state index is 5.40. The second-order valence-electron chi connectivity index (χ2n) is 6.43. The molecule has 0 saturated heterocycles. The lowest BCUT2D eigenvalue weighted by atomic mass is 10.1. The van der Waals surface area contributed by atoms with Crippen molar-refractivity contribution >= 4 is 5.96 Å². The fourth-order valence-electron chi connectivity index (χ4n) is 2.84. The molecule has 146 valence electrons. The molecule has 0 bridgehead atoms. The summed E-state index contributed by atoms with van der Waals surface area (Å²) in [5, 5.41) is 6.70. The molecule has 2 N–H and O–H groups in total. The van der Waals surface area contributed by atoms with Gasteiger partial charge in [0.05, 0.1) is 20.3 Å². The van der Waals surface area contributed by atoms with Crippen LogP contribution in [0.25, 0.3) is 0 Å². The number of aryl methyl sites for hydroxylation is 1. The molecule has 5 heteroatoms. The third kappa shape index (κ3) is 6.94. The number of nitrogens with zero attached hydrogens (tertiary/aromatic N) is 1. The number of guanidine groups is 1. The molecule has 27 heavy (non-hydrogen) atoms. The van der Waals surface area contributed by atoms with Crippen molar-refractivity contribution in [3.05, 3.63) is 64.7 Å². The van der Waals surface area contributed by atoms with Crippen molar-refractivity contribution in [3.63, 3.8) is 0 Å². The molecular formula is C22H31N3O2. The van der Waals surface area contributed by atoms with E-state index in [2.05, 4.69) is 60.9 Å². The zero-order chi connectivity index (χ0) is 19.5. The van der Waals surface area contributed by atoms with Crippen molar-refractivity contribution in [3.8, 4) is 5.75 Å². The molecule has 0 atom stereocenters. The number of ether oxygens (including phenoxy) is 2. The van der Waals surface area contributed by atoms with E-state index in [0.717, 1.165) is 42.3 Å². The van der Waals surface area contributed by atoms with Gasteiger partial charge in [0.25, 0.3) is 0 Å². The fourth-order valence-corrected chi connectivity index (χ4v) is 2.84. The Morgan fingerprint density at radius 1 is 1.00 bits per heavy atom. The maximum atomic E-state index is 5.40. The summed E-state index contributed by atoms with van der Waals surface area (Å²) in [6.45, 7) is 7.01. The smallest absolute Gasteiger partial charge is 0.191 e. The first-order chi connectivity index (χ1) is 13.2. The molecule has 2 rings (SSSR count). The third-order valence-electron chi connectivity index (χ3n) is 4.24. The predicted octanol–water partition coefficient (Wildman–Crippen LogP) is 3.45. The first-order valence-corrected chi connectivity index (χ1v) is 9.38. The van der Waals surface area contributed by atoms with Crippen LogP contribution in [0.3, 0.4) is 0 Å². The zero-order valence-corrected chi connectivity index (χ0v) is 16.8. The molecule has 0 unspecified atom stereocenters. The van der Waals surface area contributed by atoms with Crippen molar-refractivity contribution in [1.82, 2.24) is 10.6 Å². The van der Waals surface area contributed by atoms with Crippen LogP contribution in [0.15, 0.2) is 47.5 Å². The fraction of sp³-hybridized carbons (Fsp3) is 0.409. The lowest BCUT2D eigenvalue weighted by Gasteiger charge is -2.12. The summed E-state index contributed by atoms with van der Waals surface area (Å²) >= 11 is 0. The van der Waals surface area contributed by atoms with Crippen LogP contribution in [0, 0.1) is 6.92 Å². The Labute approximate surface area is 162 Å². The van der Waals surface area contributed by atoms with Gasteiger partial charge in [-0.25, -0.2) is 4.99 Å². The van der Waals surface area contributed by atoms with Crippen LogP contribution in [0.1, 0.15) is 29.2 Å². The van der Waals surface area contributed by atoms with Gasteiger partial charge >= 0.3 is 0 Å². The van der Waals surface area contributed by atoms with Gasteiger partial charge in [0.2, 0.25) is 0 Å². The molecule has 0 aromatic heterocycles. The Balaban J connectivity index is 1.92. The lowest BCUT2D eigenvalue weighted by molar-refractivity contribution is 0.185. The van der Waals surface area contributed by atoms with Crippen LogP contribution in [0.2, 0.25) is 0 Å². The van der Waals surface area contributed by atoms with Crippen molar-refractivity contribution in [2.75, 3.05) is 27.3 Å². The molecular weight excluding hydrogens is 338 g/mol. The van der Waals surface area contributed by atoms with E-state index in [4.69, 9.17) is 14.5 Å². The molecule has 0 saturated carbocycles. The van der Waals surface area contributed by atoms with Crippen molar-refractivity contribution in [1.29, 1.82) is 0 Å². The quantitative estimate of drug-likeness (QED) is 0.525. The lowest BCUT2D eigenvalue weighted by Crippen LogP contribution is -2.38. The minimum Gasteiger partial charge on any atom is -0.496 e. The van der Waals surface area contributed by atoms with E-state index < -0.39 is 0 Å². The van der Waals surface area contributed by atoms with E-state index in [1.54, 1.807) is 14.2 Å². The van der Waals surface area contributed by atoms with Crippen molar-refractivity contribution < 1.29 is 9.47 Å². The van der Waals surface area contributed by atoms with Gasteiger partial charge in [0.1, 0.15) is 5.75 Å². The van der Waals surface area contributed by atoms with Crippen LogP contribution in [-0.2, 0) is 24.3 Å². The summed E-state index contributed by atoms with van der Waals surface area (Å²) in [5.74, 6) is 1.76. The van der Waals surface area contributed by atoms with Gasteiger partial charge in [-0.05, 0) is 48.6 Å². The monoisotopic (exact) mass is 369 g/mol. The number of hydrogen-bond acceptors (Lipinski definition) is 3. The van der Waals surface area contributed by atoms with E-state index in [0.29, 0.717) is 13.2 Å². The van der Waals surface area contributed by atoms with E-state index in [-0.39, 0.29) is 0 Å². The minimum absolute atomic E-state index is 0.621. The second-order valence-corrected chi connectivity index (χ2v) is 6.43. The van der Waals surface area contributed by atoms with Gasteiger partial charge in [-0.3, -0.25) is 0 Å². The SMILES string of the molecule is CCNC(=NCc1cccc(COC)c1)NCCc1ccc(C)c(OC)c1. The largest absolute Gasteiger partial charge is 0.496 e. The molecule has 2 aromatic carbocycles. The van der Waals surface area contributed by atoms with Crippen LogP contribution in [-0.4, -0.2) is 33.3 Å². The molecule has 0 aliphatic rings. The Kier molecular flexibility index (Phi) is 8.65. The number of methoxy groups -OCH3 is 2. The van der Waals surface area contributed by atoms with E-state index in [1.165, 1.54) is 11.1 Å². The average molecular weight is 370 g/mol. The number of benzene rings is 2. The molecule has 0 aliphatic heterocycles. The Morgan fingerprint density at radius 3 is 2.56 bits per heavy atom. The summed E-state index contributed by atoms with van der Waals surface area (Å²) in [6.07, 6.45) is 0.907. The van der Waals surface area contributed by atoms with Gasteiger partial charge < -0.3 is 20.1 Å². The summed E-state index contributed by atoms with van der Waals surface area (Å²) in [5.41, 5.74) is 4.73. The van der Waals surface area contributed by atoms with Gasteiger partial charge in [-0.15, -0.1) is 0 Å². The van der Waals surface area contributed by atoms with Gasteiger partial charge in [-0.2, -0.15) is 0 Å². The predicted molar refractivity (Wildman–Crippen MR) is 111 cm³/mol. The van der Waals surface area contributed by atoms with E-state index >= 15 is 0 Å². The summed E-state index contributed by atoms with van der Waals surface area (Å²) in [4.78, 5) is 4.69. The summed E-state index contributed by atoms with van der Waals surface area (Å²) < 4.78 is 10.6. The Bertz CT molecular complexity index is 744. The normalized spacial score (nSPS) is 11.3. The molecule has 0 fully saturated rings. The van der Waals surface area contributed by atoms with Crippen molar-refractivity contribution in [2.45, 2.75) is 33.4 Å². The number of aliphatic imine (C=N–C) groups is 1. The first kappa shape index (κ1) is 20.8. The molecule has 5 nitrogen and oxygen atoms in total. The number of rotatable bonds is 9. The van der Waals surface area contributed by atoms with E-state index in [9.17, 15) is 0 Å². The van der Waals surface area contributed by atoms with Gasteiger partial charge in [0.15, 0.2) is 5.96 Å². The van der Waals surface area contributed by atoms with Crippen LogP contribution < -0.4 is 15.4 Å². The molecule has 0 spiro atoms. The third-order valence-corrected chi connectivity index (χ3v) is 4.24. The van der Waals surface area contributed by atoms with Crippen LogP contribution in [0.4, 0.5) is 0 Å². The minimum atomic E-state index is 0.621. The van der Waals surface area contributed by atoms with Gasteiger partial charge in [-0.1, -0.05) is 36.4 Å². The topological polar surface area (TPSA) is 54.9 Å². The second kappa shape index (κ2) is 11.2. The Hall–Kier alpha value is -2.53. The molecule has 0 radical (unpaired) electrons. The van der Waals surface area contributed by atoms with E-state index in [1.807, 2.05) is 6.07 Å². The molecule has 0 aliphatic carbocycles. The summed E-state index contributed by atoms with van der Waals surface area (Å²) in [6, 6.07) is 14.7. The Morgan fingerprint density at radius 2 is 1.81 bits per heavy atom. The van der Waals surface area contributed by atoms with Crippen LogP contribution >= 0.6 is 0 Å². The average Bonchev–Trinajstić information content (AvgIpc) is 2.68. The zero-order valence-electron chi connectivity index (χ0n) is 16.8. The molecule has 2 aromatic rings. The van der Waals surface area contributed by atoms with Crippen molar-refractivity contribution in [2.24, 2.45) is 4.99 Å².